The number of carbonyl (C=O) groups excluding carboxylic acids is 2. The van der Waals surface area contributed by atoms with Gasteiger partial charge in [-0.1, -0.05) is 0 Å². The molecule has 0 fully saturated rings. The quantitative estimate of drug-likeness (QED) is 0.374. The van der Waals surface area contributed by atoms with E-state index in [-0.39, 0.29) is 17.1 Å². The summed E-state index contributed by atoms with van der Waals surface area (Å²) >= 11 is 0. The molecule has 0 saturated heterocycles. The van der Waals surface area contributed by atoms with Crippen molar-refractivity contribution in [1.82, 2.24) is 0 Å². The molecule has 0 radical (unpaired) electrons. The van der Waals surface area contributed by atoms with Crippen LogP contribution in [0.5, 0.6) is 0 Å². The Balaban J connectivity index is 0. The molecule has 0 saturated carbocycles. The predicted molar refractivity (Wildman–Crippen MR) is 70.0 cm³/mol. The first-order valence-electron chi connectivity index (χ1n) is 5.62. The molecule has 0 aliphatic heterocycles. The van der Waals surface area contributed by atoms with Gasteiger partial charge in [0.2, 0.25) is 0 Å². The number of aldehydes is 2. The smallest absolute Gasteiger partial charge is 0.120 e. The first-order valence-corrected chi connectivity index (χ1v) is 5.62. The Morgan fingerprint density at radius 2 is 1.17 bits per heavy atom. The molecular weight excluding hydrogens is 268 g/mol. The van der Waals surface area contributed by atoms with Crippen LogP contribution in [0.2, 0.25) is 0 Å². The predicted octanol–water partition coefficient (Wildman–Crippen LogP) is 3.36. The third kappa shape index (κ3) is 17.0. The summed E-state index contributed by atoms with van der Waals surface area (Å²) in [6.07, 6.45) is 3.37. The van der Waals surface area contributed by atoms with E-state index >= 15 is 0 Å². The maximum absolute atomic E-state index is 9.56. The summed E-state index contributed by atoms with van der Waals surface area (Å²) in [5, 5.41) is 0. The van der Waals surface area contributed by atoms with Gasteiger partial charge in [0, 0.05) is 29.9 Å². The molecule has 3 heteroatoms. The van der Waals surface area contributed by atoms with Crippen LogP contribution in [0, 0.1) is 0 Å². The normalized spacial score (nSPS) is 7.56. The minimum absolute atomic E-state index is 0. The Hall–Kier alpha value is -1.44. The van der Waals surface area contributed by atoms with E-state index in [1.807, 2.05) is 60.7 Å². The maximum Gasteiger partial charge on any atom is 0.120 e. The van der Waals surface area contributed by atoms with Crippen molar-refractivity contribution in [2.75, 3.05) is 0 Å². The van der Waals surface area contributed by atoms with Gasteiger partial charge in [0.25, 0.3) is 0 Å². The fraction of sp³-hybridized carbons (Fsp3) is 0.200. The maximum atomic E-state index is 9.56. The van der Waals surface area contributed by atoms with Crippen molar-refractivity contribution < 1.29 is 26.7 Å². The third-order valence-electron chi connectivity index (χ3n) is 1.76. The monoisotopic (exact) mass is 286 g/mol. The van der Waals surface area contributed by atoms with E-state index in [0.29, 0.717) is 19.3 Å². The van der Waals surface area contributed by atoms with Crippen LogP contribution in [-0.2, 0) is 26.7 Å². The molecule has 0 N–H and O–H groups in total. The molecule has 0 aromatic heterocycles. The number of unbranched alkanes of at least 4 members (excludes halogenated alkanes) is 2. The first kappa shape index (κ1) is 18.9. The zero-order valence-electron chi connectivity index (χ0n) is 10.2. The van der Waals surface area contributed by atoms with Gasteiger partial charge in [-0.25, -0.2) is 12.1 Å². The molecule has 2 aromatic rings. The second-order valence-corrected chi connectivity index (χ2v) is 3.19. The van der Waals surface area contributed by atoms with Gasteiger partial charge in [-0.15, -0.1) is 0 Å². The van der Waals surface area contributed by atoms with Gasteiger partial charge in [0.15, 0.2) is 0 Å². The van der Waals surface area contributed by atoms with Gasteiger partial charge in [-0.2, -0.15) is 18.2 Å². The van der Waals surface area contributed by atoms with Crippen molar-refractivity contribution in [2.24, 2.45) is 0 Å². The third-order valence-corrected chi connectivity index (χ3v) is 1.76. The molecule has 2 aromatic carbocycles. The van der Waals surface area contributed by atoms with Crippen molar-refractivity contribution in [3.8, 4) is 0 Å². The first-order chi connectivity index (χ1) is 8.41. The Morgan fingerprint density at radius 1 is 0.778 bits per heavy atom. The van der Waals surface area contributed by atoms with Gasteiger partial charge in [0.1, 0.15) is 12.6 Å². The van der Waals surface area contributed by atoms with Gasteiger partial charge < -0.3 is 39.9 Å². The number of hydrogen-bond acceptors (Lipinski definition) is 2. The van der Waals surface area contributed by atoms with Gasteiger partial charge in [0.05, 0.1) is 0 Å². The summed E-state index contributed by atoms with van der Waals surface area (Å²) < 4.78 is 0. The van der Waals surface area contributed by atoms with Crippen molar-refractivity contribution in [3.05, 3.63) is 60.7 Å². The van der Waals surface area contributed by atoms with Crippen LogP contribution in [0.25, 0.3) is 0 Å². The fourth-order valence-corrected chi connectivity index (χ4v) is 0.926. The minimum Gasteiger partial charge on any atom is -0.748 e. The molecule has 18 heavy (non-hydrogen) atoms. The van der Waals surface area contributed by atoms with Crippen molar-refractivity contribution >= 4 is 12.6 Å². The van der Waals surface area contributed by atoms with Crippen LogP contribution in [0.4, 0.5) is 0 Å². The average molecular weight is 286 g/mol. The van der Waals surface area contributed by atoms with Crippen LogP contribution in [0.15, 0.2) is 60.7 Å². The molecule has 0 amide bonds. The molecule has 0 unspecified atom stereocenters. The second-order valence-electron chi connectivity index (χ2n) is 3.19. The van der Waals surface area contributed by atoms with Crippen molar-refractivity contribution in [3.63, 3.8) is 0 Å². The van der Waals surface area contributed by atoms with E-state index in [0.717, 1.165) is 12.6 Å². The summed E-state index contributed by atoms with van der Waals surface area (Å²) in [6, 6.07) is 20.0. The average Bonchev–Trinajstić information content (AvgIpc) is 3.08. The van der Waals surface area contributed by atoms with E-state index < -0.39 is 0 Å². The number of rotatable bonds is 4. The molecule has 0 bridgehead atoms. The molecule has 0 heterocycles. The van der Waals surface area contributed by atoms with Crippen LogP contribution < -0.4 is 0 Å². The van der Waals surface area contributed by atoms with Crippen molar-refractivity contribution in [2.45, 2.75) is 19.3 Å². The van der Waals surface area contributed by atoms with Gasteiger partial charge in [-0.3, -0.25) is 0 Å². The summed E-state index contributed by atoms with van der Waals surface area (Å²) in [5.74, 6) is 0. The Kier molecular flexibility index (Phi) is 18.8. The standard InChI is InChI=1S/C5H8O2.2C5H5.Fe/c6-4-2-1-3-5-7;2*1-2-4-5-3-1;/h4-5H,1-3H2;2*1-5H;/q;-5;-1;. The Morgan fingerprint density at radius 3 is 1.39 bits per heavy atom. The summed E-state index contributed by atoms with van der Waals surface area (Å²) in [7, 11) is 0. The summed E-state index contributed by atoms with van der Waals surface area (Å²) in [6.45, 7) is 0. The molecule has 2 nitrogen and oxygen atoms in total. The second kappa shape index (κ2) is 17.9. The van der Waals surface area contributed by atoms with Gasteiger partial charge >= 0.3 is 0 Å². The van der Waals surface area contributed by atoms with Gasteiger partial charge in [-0.05, 0) is 6.42 Å². The largest absolute Gasteiger partial charge is 0.748 e. The van der Waals surface area contributed by atoms with Crippen molar-refractivity contribution in [1.29, 1.82) is 0 Å². The Labute approximate surface area is 119 Å². The zero-order chi connectivity index (χ0) is 12.6. The Bertz CT molecular complexity index is 257. The molecular formula is C15H18FeO2-6. The number of hydrogen-bond donors (Lipinski definition) is 0. The molecule has 2 rings (SSSR count). The molecule has 0 aliphatic carbocycles. The zero-order valence-corrected chi connectivity index (χ0v) is 11.3. The van der Waals surface area contributed by atoms with Crippen LogP contribution in [-0.4, -0.2) is 12.6 Å². The fourth-order valence-electron chi connectivity index (χ4n) is 0.926. The summed E-state index contributed by atoms with van der Waals surface area (Å²) in [5.41, 5.74) is 0. The van der Waals surface area contributed by atoms with E-state index in [1.165, 1.54) is 0 Å². The van der Waals surface area contributed by atoms with Crippen LogP contribution in [0.1, 0.15) is 19.3 Å². The van der Waals surface area contributed by atoms with E-state index in [9.17, 15) is 9.59 Å². The van der Waals surface area contributed by atoms with Crippen LogP contribution in [0.3, 0.4) is 0 Å². The SMILES string of the molecule is O=CCCCC=O.[Fe].[cH-]1[cH-][cH-][cH-][cH-]1.c1cc[cH-]c1. The van der Waals surface area contributed by atoms with Crippen LogP contribution >= 0.6 is 0 Å². The molecule has 0 spiro atoms. The van der Waals surface area contributed by atoms with E-state index in [1.54, 1.807) is 0 Å². The molecule has 104 valence electrons. The van der Waals surface area contributed by atoms with E-state index in [2.05, 4.69) is 0 Å². The van der Waals surface area contributed by atoms with E-state index in [4.69, 9.17) is 0 Å². The molecule has 0 atom stereocenters. The summed E-state index contributed by atoms with van der Waals surface area (Å²) in [4.78, 5) is 19.1. The molecule has 0 aliphatic rings. The number of carbonyl (C=O) groups is 2. The topological polar surface area (TPSA) is 34.1 Å². The minimum atomic E-state index is 0.